The molecule has 0 bridgehead atoms. The Labute approximate surface area is 144 Å². The van der Waals surface area contributed by atoms with Crippen LogP contribution in [0.15, 0.2) is 28.7 Å². The lowest BCUT2D eigenvalue weighted by Crippen LogP contribution is -2.48. The summed E-state index contributed by atoms with van der Waals surface area (Å²) in [6.45, 7) is 0. The van der Waals surface area contributed by atoms with E-state index >= 15 is 0 Å². The topological polar surface area (TPSA) is 49.4 Å². The minimum absolute atomic E-state index is 0.0111. The van der Waals surface area contributed by atoms with Crippen LogP contribution in [-0.4, -0.2) is 47.9 Å². The van der Waals surface area contributed by atoms with Crippen molar-refractivity contribution in [3.8, 4) is 0 Å². The molecule has 2 amide bonds. The molecule has 1 atom stereocenters. The fourth-order valence-corrected chi connectivity index (χ4v) is 3.20. The van der Waals surface area contributed by atoms with E-state index in [1.807, 2.05) is 31.5 Å². The second-order valence-electron chi connectivity index (χ2n) is 5.47. The van der Waals surface area contributed by atoms with Crippen molar-refractivity contribution in [2.45, 2.75) is 31.3 Å². The quantitative estimate of drug-likeness (QED) is 0.785. The molecule has 1 aromatic carbocycles. The first kappa shape index (κ1) is 17.3. The summed E-state index contributed by atoms with van der Waals surface area (Å²) in [5, 5.41) is 2.90. The molecular formula is C16H21BrN2O2S. The molecule has 1 aromatic rings. The molecule has 0 aromatic heterocycles. The Kier molecular flexibility index (Phi) is 6.32. The van der Waals surface area contributed by atoms with E-state index in [1.54, 1.807) is 22.7 Å². The SMILES string of the molecule is CSCCC(NC(=O)c1ccccc1Br)C(=O)N(C)C1CC1. The molecule has 1 saturated carbocycles. The number of nitrogens with one attached hydrogen (secondary N) is 1. The lowest BCUT2D eigenvalue weighted by Gasteiger charge is -2.24. The van der Waals surface area contributed by atoms with Crippen molar-refractivity contribution < 1.29 is 9.59 Å². The molecule has 1 unspecified atom stereocenters. The molecule has 0 aliphatic heterocycles. The molecule has 1 fully saturated rings. The number of rotatable bonds is 7. The fourth-order valence-electron chi connectivity index (χ4n) is 2.26. The summed E-state index contributed by atoms with van der Waals surface area (Å²) in [4.78, 5) is 26.8. The highest BCUT2D eigenvalue weighted by atomic mass is 79.9. The van der Waals surface area contributed by atoms with Gasteiger partial charge in [-0.1, -0.05) is 12.1 Å². The zero-order valence-corrected chi connectivity index (χ0v) is 15.2. The monoisotopic (exact) mass is 384 g/mol. The van der Waals surface area contributed by atoms with Gasteiger partial charge in [0, 0.05) is 17.6 Å². The van der Waals surface area contributed by atoms with Crippen molar-refractivity contribution in [3.05, 3.63) is 34.3 Å². The van der Waals surface area contributed by atoms with Crippen molar-refractivity contribution in [2.75, 3.05) is 19.1 Å². The Morgan fingerprint density at radius 3 is 2.68 bits per heavy atom. The van der Waals surface area contributed by atoms with E-state index in [0.29, 0.717) is 18.0 Å². The minimum Gasteiger partial charge on any atom is -0.341 e. The fraction of sp³-hybridized carbons (Fsp3) is 0.500. The molecule has 2 rings (SSSR count). The Bertz CT molecular complexity index is 549. The van der Waals surface area contributed by atoms with Gasteiger partial charge < -0.3 is 10.2 Å². The predicted molar refractivity (Wildman–Crippen MR) is 94.2 cm³/mol. The largest absolute Gasteiger partial charge is 0.341 e. The van der Waals surface area contributed by atoms with Gasteiger partial charge in [-0.05, 0) is 59.3 Å². The van der Waals surface area contributed by atoms with E-state index in [2.05, 4.69) is 21.2 Å². The van der Waals surface area contributed by atoms with Crippen molar-refractivity contribution in [1.29, 1.82) is 0 Å². The van der Waals surface area contributed by atoms with Gasteiger partial charge in [-0.15, -0.1) is 0 Å². The molecule has 22 heavy (non-hydrogen) atoms. The third-order valence-electron chi connectivity index (χ3n) is 3.77. The molecule has 0 radical (unpaired) electrons. The van der Waals surface area contributed by atoms with Gasteiger partial charge in [-0.2, -0.15) is 11.8 Å². The highest BCUT2D eigenvalue weighted by molar-refractivity contribution is 9.10. The van der Waals surface area contributed by atoms with E-state index in [4.69, 9.17) is 0 Å². The molecule has 1 aliphatic carbocycles. The molecule has 0 spiro atoms. The van der Waals surface area contributed by atoms with Crippen molar-refractivity contribution >= 4 is 39.5 Å². The smallest absolute Gasteiger partial charge is 0.253 e. The van der Waals surface area contributed by atoms with E-state index in [-0.39, 0.29) is 11.8 Å². The third kappa shape index (κ3) is 4.49. The Hall–Kier alpha value is -1.01. The van der Waals surface area contributed by atoms with Crippen LogP contribution in [0.1, 0.15) is 29.6 Å². The van der Waals surface area contributed by atoms with Crippen LogP contribution in [-0.2, 0) is 4.79 Å². The standard InChI is InChI=1S/C16H21BrN2O2S/c1-19(11-7-8-11)16(21)14(9-10-22-2)18-15(20)12-5-3-4-6-13(12)17/h3-6,11,14H,7-10H2,1-2H3,(H,18,20). The number of amides is 2. The van der Waals surface area contributed by atoms with Gasteiger partial charge >= 0.3 is 0 Å². The number of benzene rings is 1. The maximum absolute atomic E-state index is 12.6. The molecule has 0 saturated heterocycles. The second kappa shape index (κ2) is 8.02. The molecule has 4 nitrogen and oxygen atoms in total. The molecule has 0 heterocycles. The highest BCUT2D eigenvalue weighted by Gasteiger charge is 2.33. The normalized spacial score (nSPS) is 15.2. The zero-order chi connectivity index (χ0) is 16.1. The van der Waals surface area contributed by atoms with Crippen molar-refractivity contribution in [1.82, 2.24) is 10.2 Å². The lowest BCUT2D eigenvalue weighted by atomic mass is 10.1. The van der Waals surface area contributed by atoms with Gasteiger partial charge in [0.1, 0.15) is 6.04 Å². The molecule has 6 heteroatoms. The summed E-state index contributed by atoms with van der Waals surface area (Å²) in [6.07, 6.45) is 4.78. The van der Waals surface area contributed by atoms with Crippen LogP contribution in [0.4, 0.5) is 0 Å². The number of hydrogen-bond acceptors (Lipinski definition) is 3. The number of hydrogen-bond donors (Lipinski definition) is 1. The summed E-state index contributed by atoms with van der Waals surface area (Å²) < 4.78 is 0.735. The first-order chi connectivity index (χ1) is 10.5. The number of carbonyl (C=O) groups excluding carboxylic acids is 2. The van der Waals surface area contributed by atoms with E-state index < -0.39 is 6.04 Å². The van der Waals surface area contributed by atoms with Gasteiger partial charge in [-0.25, -0.2) is 0 Å². The van der Waals surface area contributed by atoms with Gasteiger partial charge in [-0.3, -0.25) is 9.59 Å². The van der Waals surface area contributed by atoms with E-state index in [0.717, 1.165) is 23.1 Å². The van der Waals surface area contributed by atoms with Crippen LogP contribution in [0.3, 0.4) is 0 Å². The number of likely N-dealkylation sites (N-methyl/N-ethyl adjacent to an activating group) is 1. The summed E-state index contributed by atoms with van der Waals surface area (Å²) in [5.74, 6) is 0.638. The van der Waals surface area contributed by atoms with Gasteiger partial charge in [0.2, 0.25) is 5.91 Å². The van der Waals surface area contributed by atoms with Crippen molar-refractivity contribution in [2.24, 2.45) is 0 Å². The summed E-state index contributed by atoms with van der Waals surface area (Å²) in [7, 11) is 1.83. The van der Waals surface area contributed by atoms with E-state index in [1.165, 1.54) is 0 Å². The predicted octanol–water partition coefficient (Wildman–Crippen LogP) is 2.92. The molecule has 120 valence electrons. The van der Waals surface area contributed by atoms with Crippen molar-refractivity contribution in [3.63, 3.8) is 0 Å². The summed E-state index contributed by atoms with van der Waals surface area (Å²) in [5.41, 5.74) is 0.554. The molecule has 1 aliphatic rings. The Morgan fingerprint density at radius 2 is 2.09 bits per heavy atom. The van der Waals surface area contributed by atoms with Crippen LogP contribution in [0.2, 0.25) is 0 Å². The summed E-state index contributed by atoms with van der Waals surface area (Å²) in [6, 6.07) is 7.14. The molecule has 1 N–H and O–H groups in total. The lowest BCUT2D eigenvalue weighted by molar-refractivity contribution is -0.132. The second-order valence-corrected chi connectivity index (χ2v) is 7.31. The van der Waals surface area contributed by atoms with Crippen LogP contribution in [0, 0.1) is 0 Å². The maximum Gasteiger partial charge on any atom is 0.253 e. The van der Waals surface area contributed by atoms with Crippen LogP contribution in [0.5, 0.6) is 0 Å². The molecular weight excluding hydrogens is 364 g/mol. The van der Waals surface area contributed by atoms with Gasteiger partial charge in [0.05, 0.1) is 5.56 Å². The average molecular weight is 385 g/mol. The number of halogens is 1. The zero-order valence-electron chi connectivity index (χ0n) is 12.8. The van der Waals surface area contributed by atoms with Crippen LogP contribution in [0.25, 0.3) is 0 Å². The Morgan fingerprint density at radius 1 is 1.41 bits per heavy atom. The van der Waals surface area contributed by atoms with Gasteiger partial charge in [0.15, 0.2) is 0 Å². The first-order valence-electron chi connectivity index (χ1n) is 7.35. The Balaban J connectivity index is 2.06. The number of thioether (sulfide) groups is 1. The number of nitrogens with zero attached hydrogens (tertiary/aromatic N) is 1. The third-order valence-corrected chi connectivity index (χ3v) is 5.11. The van der Waals surface area contributed by atoms with Crippen LogP contribution >= 0.6 is 27.7 Å². The minimum atomic E-state index is -0.461. The first-order valence-corrected chi connectivity index (χ1v) is 9.54. The average Bonchev–Trinajstić information content (AvgIpc) is 3.35. The highest BCUT2D eigenvalue weighted by Crippen LogP contribution is 2.26. The maximum atomic E-state index is 12.6. The van der Waals surface area contributed by atoms with Gasteiger partial charge in [0.25, 0.3) is 5.91 Å². The number of carbonyl (C=O) groups is 2. The van der Waals surface area contributed by atoms with Crippen LogP contribution < -0.4 is 5.32 Å². The van der Waals surface area contributed by atoms with E-state index in [9.17, 15) is 9.59 Å². The summed E-state index contributed by atoms with van der Waals surface area (Å²) >= 11 is 5.06.